The standard InChI is InChI=1S/C15H17ClN4O2/c1-4-22-13-8-6-11(16)14(19-13)15(21)18-12-7-5-10(9-17-12)20(2)3/h5-9H,4H2,1-3H3,(H,17,18,21). The van der Waals surface area contributed by atoms with Crippen molar-refractivity contribution in [3.63, 3.8) is 0 Å². The van der Waals surface area contributed by atoms with E-state index in [-0.39, 0.29) is 10.7 Å². The molecule has 0 spiro atoms. The number of nitrogens with zero attached hydrogens (tertiary/aromatic N) is 3. The van der Waals surface area contributed by atoms with Crippen molar-refractivity contribution in [3.05, 3.63) is 41.2 Å². The van der Waals surface area contributed by atoms with Crippen LogP contribution >= 0.6 is 11.6 Å². The van der Waals surface area contributed by atoms with Crippen LogP contribution in [0.15, 0.2) is 30.5 Å². The first-order valence-corrected chi connectivity index (χ1v) is 7.13. The molecule has 2 aromatic heterocycles. The van der Waals surface area contributed by atoms with Crippen LogP contribution in [0.4, 0.5) is 11.5 Å². The fourth-order valence-corrected chi connectivity index (χ4v) is 1.90. The van der Waals surface area contributed by atoms with E-state index in [9.17, 15) is 4.79 Å². The predicted molar refractivity (Wildman–Crippen MR) is 86.9 cm³/mol. The van der Waals surface area contributed by atoms with Gasteiger partial charge in [-0.3, -0.25) is 4.79 Å². The zero-order valence-corrected chi connectivity index (χ0v) is 13.4. The van der Waals surface area contributed by atoms with Crippen molar-refractivity contribution in [1.29, 1.82) is 0 Å². The fraction of sp³-hybridized carbons (Fsp3) is 0.267. The molecular weight excluding hydrogens is 304 g/mol. The Morgan fingerprint density at radius 1 is 1.32 bits per heavy atom. The second-order valence-electron chi connectivity index (χ2n) is 4.66. The summed E-state index contributed by atoms with van der Waals surface area (Å²) in [7, 11) is 3.83. The van der Waals surface area contributed by atoms with Crippen LogP contribution in [0.2, 0.25) is 5.02 Å². The molecule has 0 saturated heterocycles. The van der Waals surface area contributed by atoms with E-state index in [1.54, 1.807) is 24.4 Å². The van der Waals surface area contributed by atoms with E-state index >= 15 is 0 Å². The van der Waals surface area contributed by atoms with E-state index in [2.05, 4.69) is 15.3 Å². The number of amides is 1. The van der Waals surface area contributed by atoms with E-state index in [0.717, 1.165) is 5.69 Å². The Labute approximate surface area is 134 Å². The Kier molecular flexibility index (Phi) is 5.16. The number of ether oxygens (including phenoxy) is 1. The summed E-state index contributed by atoms with van der Waals surface area (Å²) in [5.74, 6) is 0.347. The molecule has 22 heavy (non-hydrogen) atoms. The van der Waals surface area contributed by atoms with Gasteiger partial charge in [-0.1, -0.05) is 11.6 Å². The third kappa shape index (κ3) is 3.85. The summed E-state index contributed by atoms with van der Waals surface area (Å²) in [4.78, 5) is 22.4. The summed E-state index contributed by atoms with van der Waals surface area (Å²) < 4.78 is 5.27. The maximum Gasteiger partial charge on any atom is 0.277 e. The number of pyridine rings is 2. The Balaban J connectivity index is 2.16. The van der Waals surface area contributed by atoms with Crippen molar-refractivity contribution in [3.8, 4) is 5.88 Å². The molecule has 0 aliphatic rings. The van der Waals surface area contributed by atoms with Gasteiger partial charge in [0.05, 0.1) is 23.5 Å². The first-order valence-electron chi connectivity index (χ1n) is 6.75. The SMILES string of the molecule is CCOc1ccc(Cl)c(C(=O)Nc2ccc(N(C)C)cn2)n1. The minimum atomic E-state index is -0.434. The predicted octanol–water partition coefficient (Wildman–Crippen LogP) is 2.85. The van der Waals surface area contributed by atoms with Gasteiger partial charge in [0.2, 0.25) is 5.88 Å². The largest absolute Gasteiger partial charge is 0.478 e. The molecule has 2 aromatic rings. The number of hydrogen-bond donors (Lipinski definition) is 1. The van der Waals surface area contributed by atoms with Gasteiger partial charge in [-0.25, -0.2) is 9.97 Å². The number of carbonyl (C=O) groups excluding carboxylic acids is 1. The van der Waals surface area contributed by atoms with Crippen LogP contribution in [0, 0.1) is 0 Å². The molecule has 0 aromatic carbocycles. The van der Waals surface area contributed by atoms with Crippen LogP contribution in [0.1, 0.15) is 17.4 Å². The maximum absolute atomic E-state index is 12.2. The lowest BCUT2D eigenvalue weighted by atomic mass is 10.3. The molecular formula is C15H17ClN4O2. The summed E-state index contributed by atoms with van der Waals surface area (Å²) >= 11 is 6.02. The zero-order valence-electron chi connectivity index (χ0n) is 12.6. The molecule has 0 atom stereocenters. The zero-order chi connectivity index (χ0) is 16.1. The molecule has 0 fully saturated rings. The molecule has 2 rings (SSSR count). The highest BCUT2D eigenvalue weighted by Crippen LogP contribution is 2.20. The third-order valence-electron chi connectivity index (χ3n) is 2.83. The van der Waals surface area contributed by atoms with Crippen LogP contribution in [0.5, 0.6) is 5.88 Å². The molecule has 1 amide bonds. The van der Waals surface area contributed by atoms with Gasteiger partial charge in [-0.05, 0) is 25.1 Å². The summed E-state index contributed by atoms with van der Waals surface area (Å²) in [6.07, 6.45) is 1.67. The van der Waals surface area contributed by atoms with Gasteiger partial charge >= 0.3 is 0 Å². The number of rotatable bonds is 5. The number of carbonyl (C=O) groups is 1. The minimum absolute atomic E-state index is 0.103. The molecule has 2 heterocycles. The quantitative estimate of drug-likeness (QED) is 0.917. The second-order valence-corrected chi connectivity index (χ2v) is 5.07. The summed E-state index contributed by atoms with van der Waals surface area (Å²) in [6.45, 7) is 2.30. The highest BCUT2D eigenvalue weighted by atomic mass is 35.5. The fourth-order valence-electron chi connectivity index (χ4n) is 1.71. The molecule has 0 aliphatic carbocycles. The van der Waals surface area contributed by atoms with Gasteiger partial charge in [0.15, 0.2) is 5.69 Å². The summed E-state index contributed by atoms with van der Waals surface area (Å²) in [5, 5.41) is 2.92. The van der Waals surface area contributed by atoms with Gasteiger partial charge < -0.3 is 15.0 Å². The van der Waals surface area contributed by atoms with Crippen LogP contribution in [0.25, 0.3) is 0 Å². The monoisotopic (exact) mass is 320 g/mol. The summed E-state index contributed by atoms with van der Waals surface area (Å²) in [5.41, 5.74) is 1.04. The Morgan fingerprint density at radius 2 is 2.09 bits per heavy atom. The summed E-state index contributed by atoms with van der Waals surface area (Å²) in [6, 6.07) is 6.77. The first kappa shape index (κ1) is 16.0. The first-order chi connectivity index (χ1) is 10.5. The Bertz CT molecular complexity index is 659. The molecule has 1 N–H and O–H groups in total. The highest BCUT2D eigenvalue weighted by Gasteiger charge is 2.14. The Hall–Kier alpha value is -2.34. The van der Waals surface area contributed by atoms with Gasteiger partial charge in [0.25, 0.3) is 5.91 Å². The van der Waals surface area contributed by atoms with E-state index in [1.165, 1.54) is 0 Å². The average Bonchev–Trinajstić information content (AvgIpc) is 2.50. The lowest BCUT2D eigenvalue weighted by molar-refractivity contribution is 0.102. The molecule has 0 bridgehead atoms. The van der Waals surface area contributed by atoms with Crippen molar-refractivity contribution in [2.24, 2.45) is 0 Å². The average molecular weight is 321 g/mol. The number of hydrogen-bond acceptors (Lipinski definition) is 5. The smallest absolute Gasteiger partial charge is 0.277 e. The van der Waals surface area contributed by atoms with Crippen molar-refractivity contribution in [1.82, 2.24) is 9.97 Å². The molecule has 0 aliphatic heterocycles. The molecule has 0 radical (unpaired) electrons. The molecule has 0 saturated carbocycles. The normalized spacial score (nSPS) is 10.2. The van der Waals surface area contributed by atoms with Crippen LogP contribution in [0.3, 0.4) is 0 Å². The van der Waals surface area contributed by atoms with Gasteiger partial charge in [-0.2, -0.15) is 0 Å². The van der Waals surface area contributed by atoms with Crippen LogP contribution in [-0.2, 0) is 0 Å². The molecule has 7 heteroatoms. The molecule has 116 valence electrons. The highest BCUT2D eigenvalue weighted by molar-refractivity contribution is 6.34. The minimum Gasteiger partial charge on any atom is -0.478 e. The number of anilines is 2. The number of halogens is 1. The van der Waals surface area contributed by atoms with Crippen molar-refractivity contribution in [2.45, 2.75) is 6.92 Å². The van der Waals surface area contributed by atoms with Crippen LogP contribution < -0.4 is 15.0 Å². The van der Waals surface area contributed by atoms with E-state index in [4.69, 9.17) is 16.3 Å². The van der Waals surface area contributed by atoms with E-state index < -0.39 is 5.91 Å². The lowest BCUT2D eigenvalue weighted by Crippen LogP contribution is -2.16. The van der Waals surface area contributed by atoms with Crippen molar-refractivity contribution >= 4 is 29.0 Å². The van der Waals surface area contributed by atoms with Crippen molar-refractivity contribution < 1.29 is 9.53 Å². The Morgan fingerprint density at radius 3 is 2.68 bits per heavy atom. The van der Waals surface area contributed by atoms with Gasteiger partial charge in [0.1, 0.15) is 5.82 Å². The van der Waals surface area contributed by atoms with Crippen LogP contribution in [-0.4, -0.2) is 36.6 Å². The topological polar surface area (TPSA) is 67.3 Å². The second kappa shape index (κ2) is 7.09. The molecule has 6 nitrogen and oxygen atoms in total. The molecule has 0 unspecified atom stereocenters. The maximum atomic E-state index is 12.2. The van der Waals surface area contributed by atoms with Gasteiger partial charge in [-0.15, -0.1) is 0 Å². The van der Waals surface area contributed by atoms with E-state index in [1.807, 2.05) is 32.0 Å². The third-order valence-corrected chi connectivity index (χ3v) is 3.14. The number of nitrogens with one attached hydrogen (secondary N) is 1. The lowest BCUT2D eigenvalue weighted by Gasteiger charge is -2.12. The van der Waals surface area contributed by atoms with Gasteiger partial charge in [0, 0.05) is 20.2 Å². The van der Waals surface area contributed by atoms with Crippen molar-refractivity contribution in [2.75, 3.05) is 30.9 Å². The number of aromatic nitrogens is 2. The van der Waals surface area contributed by atoms with E-state index in [0.29, 0.717) is 18.3 Å².